The number of nitrogens with one attached hydrogen (secondary N) is 1. The maximum absolute atomic E-state index is 13.7. The molecule has 1 amide bonds. The van der Waals surface area contributed by atoms with Crippen LogP contribution < -0.4 is 10.2 Å². The molecule has 3 aromatic rings. The quantitative estimate of drug-likeness (QED) is 0.630. The van der Waals surface area contributed by atoms with Gasteiger partial charge in [0.2, 0.25) is 5.91 Å². The summed E-state index contributed by atoms with van der Waals surface area (Å²) in [5, 5.41) is 2.69. The number of para-hydroxylation sites is 2. The van der Waals surface area contributed by atoms with Crippen molar-refractivity contribution in [3.63, 3.8) is 0 Å². The van der Waals surface area contributed by atoms with Crippen LogP contribution in [0.25, 0.3) is 11.0 Å². The van der Waals surface area contributed by atoms with Crippen LogP contribution in [-0.2, 0) is 11.0 Å². The van der Waals surface area contributed by atoms with Gasteiger partial charge in [-0.25, -0.2) is 14.4 Å². The molecule has 9 heteroatoms. The number of carbonyl (C=O) groups excluding carboxylic acids is 1. The predicted octanol–water partition coefficient (Wildman–Crippen LogP) is 4.64. The number of hydrogen-bond donors (Lipinski definition) is 1. The number of halogens is 4. The van der Waals surface area contributed by atoms with Crippen LogP contribution in [0.4, 0.5) is 29.1 Å². The minimum Gasteiger partial charge on any atom is -0.354 e. The van der Waals surface area contributed by atoms with E-state index in [-0.39, 0.29) is 23.8 Å². The third kappa shape index (κ3) is 4.19. The minimum absolute atomic E-state index is 0.0864. The van der Waals surface area contributed by atoms with Gasteiger partial charge in [-0.2, -0.15) is 13.2 Å². The Bertz CT molecular complexity index is 1070. The number of fused-ring (bicyclic) bond motifs is 1. The molecule has 2 aromatic carbocycles. The Balaban J connectivity index is 1.60. The Morgan fingerprint density at radius 1 is 1.03 bits per heavy atom. The van der Waals surface area contributed by atoms with Crippen molar-refractivity contribution in [2.24, 2.45) is 5.92 Å². The van der Waals surface area contributed by atoms with Crippen LogP contribution in [0.1, 0.15) is 18.5 Å². The third-order valence-corrected chi connectivity index (χ3v) is 5.02. The number of amides is 1. The molecule has 1 aromatic heterocycles. The second-order valence-electron chi connectivity index (χ2n) is 7.16. The van der Waals surface area contributed by atoms with E-state index in [0.29, 0.717) is 30.6 Å². The van der Waals surface area contributed by atoms with Crippen LogP contribution in [0, 0.1) is 11.7 Å². The van der Waals surface area contributed by atoms with E-state index in [0.717, 1.165) is 0 Å². The lowest BCUT2D eigenvalue weighted by Crippen LogP contribution is -2.42. The SMILES string of the molecule is O=C(Nc1ccc(F)cc1)[C@H]1CCCN(c2nc3ccccc3nc2C(F)(F)F)C1. The van der Waals surface area contributed by atoms with E-state index in [2.05, 4.69) is 15.3 Å². The molecule has 0 radical (unpaired) electrons. The fourth-order valence-corrected chi connectivity index (χ4v) is 3.56. The lowest BCUT2D eigenvalue weighted by molar-refractivity contribution is -0.140. The zero-order chi connectivity index (χ0) is 21.3. The van der Waals surface area contributed by atoms with Crippen molar-refractivity contribution in [3.05, 3.63) is 60.0 Å². The highest BCUT2D eigenvalue weighted by molar-refractivity contribution is 5.93. The number of benzene rings is 2. The van der Waals surface area contributed by atoms with Gasteiger partial charge in [0.05, 0.1) is 17.0 Å². The highest BCUT2D eigenvalue weighted by Gasteiger charge is 2.40. The molecule has 0 bridgehead atoms. The summed E-state index contributed by atoms with van der Waals surface area (Å²) in [7, 11) is 0. The van der Waals surface area contributed by atoms with Gasteiger partial charge < -0.3 is 10.2 Å². The third-order valence-electron chi connectivity index (χ3n) is 5.02. The topological polar surface area (TPSA) is 58.1 Å². The molecule has 2 heterocycles. The average Bonchev–Trinajstić information content (AvgIpc) is 2.74. The average molecular weight is 418 g/mol. The Labute approximate surface area is 169 Å². The van der Waals surface area contributed by atoms with Gasteiger partial charge in [-0.3, -0.25) is 4.79 Å². The summed E-state index contributed by atoms with van der Waals surface area (Å²) < 4.78 is 54.0. The number of aromatic nitrogens is 2. The molecule has 1 aliphatic rings. The summed E-state index contributed by atoms with van der Waals surface area (Å²) in [6.45, 7) is 0.430. The molecule has 156 valence electrons. The molecule has 1 atom stereocenters. The molecular formula is C21H18F4N4O. The number of nitrogens with zero attached hydrogens (tertiary/aromatic N) is 3. The first-order valence-corrected chi connectivity index (χ1v) is 9.46. The van der Waals surface area contributed by atoms with Crippen molar-refractivity contribution in [2.75, 3.05) is 23.3 Å². The van der Waals surface area contributed by atoms with Crippen LogP contribution in [0.15, 0.2) is 48.5 Å². The van der Waals surface area contributed by atoms with Crippen molar-refractivity contribution >= 4 is 28.4 Å². The van der Waals surface area contributed by atoms with Crippen LogP contribution in [-0.4, -0.2) is 29.0 Å². The molecular weight excluding hydrogens is 400 g/mol. The van der Waals surface area contributed by atoms with Gasteiger partial charge in [0.1, 0.15) is 5.82 Å². The molecule has 5 nitrogen and oxygen atoms in total. The van der Waals surface area contributed by atoms with Crippen molar-refractivity contribution < 1.29 is 22.4 Å². The molecule has 1 N–H and O–H groups in total. The smallest absolute Gasteiger partial charge is 0.354 e. The van der Waals surface area contributed by atoms with Gasteiger partial charge >= 0.3 is 6.18 Å². The monoisotopic (exact) mass is 418 g/mol. The number of piperidine rings is 1. The van der Waals surface area contributed by atoms with Crippen molar-refractivity contribution in [2.45, 2.75) is 19.0 Å². The van der Waals surface area contributed by atoms with Gasteiger partial charge in [0.15, 0.2) is 11.5 Å². The van der Waals surface area contributed by atoms with Crippen molar-refractivity contribution in [1.29, 1.82) is 0 Å². The summed E-state index contributed by atoms with van der Waals surface area (Å²) in [5.41, 5.74) is -0.102. The summed E-state index contributed by atoms with van der Waals surface area (Å²) in [6, 6.07) is 11.7. The Hall–Kier alpha value is -3.23. The first-order chi connectivity index (χ1) is 14.3. The van der Waals surface area contributed by atoms with Gasteiger partial charge in [-0.15, -0.1) is 0 Å². The highest BCUT2D eigenvalue weighted by atomic mass is 19.4. The normalized spacial score (nSPS) is 17.2. The number of hydrogen-bond acceptors (Lipinski definition) is 4. The van der Waals surface area contributed by atoms with Crippen molar-refractivity contribution in [1.82, 2.24) is 9.97 Å². The number of rotatable bonds is 3. The molecule has 0 saturated carbocycles. The van der Waals surface area contributed by atoms with E-state index in [1.54, 1.807) is 18.2 Å². The number of alkyl halides is 3. The van der Waals surface area contributed by atoms with Crippen LogP contribution in [0.2, 0.25) is 0 Å². The van der Waals surface area contributed by atoms with E-state index < -0.39 is 23.6 Å². The van der Waals surface area contributed by atoms with E-state index in [1.165, 1.54) is 35.2 Å². The minimum atomic E-state index is -4.67. The molecule has 1 aliphatic heterocycles. The highest BCUT2D eigenvalue weighted by Crippen LogP contribution is 2.36. The molecule has 0 unspecified atom stereocenters. The molecule has 30 heavy (non-hydrogen) atoms. The lowest BCUT2D eigenvalue weighted by Gasteiger charge is -2.34. The fraction of sp³-hybridized carbons (Fsp3) is 0.286. The Morgan fingerprint density at radius 3 is 2.37 bits per heavy atom. The van der Waals surface area contributed by atoms with Gasteiger partial charge in [0.25, 0.3) is 0 Å². The van der Waals surface area contributed by atoms with Gasteiger partial charge in [-0.05, 0) is 49.2 Å². The van der Waals surface area contributed by atoms with Crippen LogP contribution >= 0.6 is 0 Å². The summed E-state index contributed by atoms with van der Waals surface area (Å²) in [6.07, 6.45) is -3.60. The molecule has 0 spiro atoms. The summed E-state index contributed by atoms with van der Waals surface area (Å²) >= 11 is 0. The van der Waals surface area contributed by atoms with Crippen molar-refractivity contribution in [3.8, 4) is 0 Å². The van der Waals surface area contributed by atoms with Gasteiger partial charge in [-0.1, -0.05) is 12.1 Å². The lowest BCUT2D eigenvalue weighted by atomic mass is 9.96. The summed E-state index contributed by atoms with van der Waals surface area (Å²) in [4.78, 5) is 22.1. The number of anilines is 2. The van der Waals surface area contributed by atoms with E-state index in [1.807, 2.05) is 0 Å². The van der Waals surface area contributed by atoms with Crippen LogP contribution in [0.5, 0.6) is 0 Å². The zero-order valence-electron chi connectivity index (χ0n) is 15.8. The molecule has 0 aliphatic carbocycles. The Morgan fingerprint density at radius 2 is 1.70 bits per heavy atom. The first-order valence-electron chi connectivity index (χ1n) is 9.46. The second-order valence-corrected chi connectivity index (χ2v) is 7.16. The van der Waals surface area contributed by atoms with Gasteiger partial charge in [0, 0.05) is 18.8 Å². The molecule has 4 rings (SSSR count). The maximum Gasteiger partial charge on any atom is 0.437 e. The van der Waals surface area contributed by atoms with E-state index >= 15 is 0 Å². The largest absolute Gasteiger partial charge is 0.437 e. The zero-order valence-corrected chi connectivity index (χ0v) is 15.8. The van der Waals surface area contributed by atoms with Crippen LogP contribution in [0.3, 0.4) is 0 Å². The molecule has 1 fully saturated rings. The number of carbonyl (C=O) groups is 1. The fourth-order valence-electron chi connectivity index (χ4n) is 3.56. The Kier molecular flexibility index (Phi) is 5.27. The summed E-state index contributed by atoms with van der Waals surface area (Å²) in [5.74, 6) is -1.54. The predicted molar refractivity (Wildman–Crippen MR) is 105 cm³/mol. The standard InChI is InChI=1S/C21H18F4N4O/c22-14-7-9-15(10-8-14)26-20(30)13-4-3-11-29(12-13)19-18(21(23,24)25)27-16-5-1-2-6-17(16)28-19/h1-2,5-10,13H,3-4,11-12H2,(H,26,30)/t13-/m0/s1. The van der Waals surface area contributed by atoms with E-state index in [9.17, 15) is 22.4 Å². The maximum atomic E-state index is 13.7. The first kappa shape index (κ1) is 20.1. The molecule has 1 saturated heterocycles. The van der Waals surface area contributed by atoms with E-state index in [4.69, 9.17) is 0 Å². The second kappa shape index (κ2) is 7.89.